The van der Waals surface area contributed by atoms with Crippen molar-refractivity contribution in [3.05, 3.63) is 65.2 Å². The van der Waals surface area contributed by atoms with Gasteiger partial charge in [0.1, 0.15) is 5.84 Å². The molecule has 5 heteroatoms. The third kappa shape index (κ3) is 3.92. The van der Waals surface area contributed by atoms with Gasteiger partial charge in [0.15, 0.2) is 0 Å². The fraction of sp³-hybridized carbons (Fsp3) is 0.133. The summed E-state index contributed by atoms with van der Waals surface area (Å²) in [6, 6.07) is 17.6. The van der Waals surface area contributed by atoms with Crippen molar-refractivity contribution in [1.82, 2.24) is 0 Å². The number of benzene rings is 2. The maximum atomic E-state index is 8.78. The SMILES string of the molecule is NC(CC(Sc1ccccc1Cl)c1ccccc1)=NO. The van der Waals surface area contributed by atoms with Crippen molar-refractivity contribution < 1.29 is 5.21 Å². The van der Waals surface area contributed by atoms with Crippen molar-refractivity contribution in [3.8, 4) is 0 Å². The van der Waals surface area contributed by atoms with Crippen molar-refractivity contribution in [2.45, 2.75) is 16.6 Å². The van der Waals surface area contributed by atoms with Gasteiger partial charge in [-0.25, -0.2) is 0 Å². The Morgan fingerprint density at radius 1 is 1.15 bits per heavy atom. The van der Waals surface area contributed by atoms with Crippen LogP contribution < -0.4 is 5.73 Å². The molecule has 0 aliphatic carbocycles. The van der Waals surface area contributed by atoms with E-state index >= 15 is 0 Å². The highest BCUT2D eigenvalue weighted by molar-refractivity contribution is 7.99. The van der Waals surface area contributed by atoms with E-state index in [2.05, 4.69) is 5.16 Å². The Bertz CT molecular complexity index is 589. The van der Waals surface area contributed by atoms with Crippen molar-refractivity contribution >= 4 is 29.2 Å². The van der Waals surface area contributed by atoms with Crippen LogP contribution in [0.1, 0.15) is 17.2 Å². The van der Waals surface area contributed by atoms with E-state index in [1.165, 1.54) is 0 Å². The minimum Gasteiger partial charge on any atom is -0.409 e. The number of hydrogen-bond donors (Lipinski definition) is 2. The van der Waals surface area contributed by atoms with E-state index in [0.717, 1.165) is 10.5 Å². The van der Waals surface area contributed by atoms with Gasteiger partial charge in [0.05, 0.1) is 5.02 Å². The molecule has 1 unspecified atom stereocenters. The van der Waals surface area contributed by atoms with E-state index in [1.807, 2.05) is 54.6 Å². The van der Waals surface area contributed by atoms with E-state index in [1.54, 1.807) is 11.8 Å². The van der Waals surface area contributed by atoms with Gasteiger partial charge < -0.3 is 10.9 Å². The van der Waals surface area contributed by atoms with Gasteiger partial charge in [-0.05, 0) is 17.7 Å². The summed E-state index contributed by atoms with van der Waals surface area (Å²) in [6.07, 6.45) is 0.455. The highest BCUT2D eigenvalue weighted by atomic mass is 35.5. The summed E-state index contributed by atoms with van der Waals surface area (Å²) in [4.78, 5) is 0.980. The van der Waals surface area contributed by atoms with E-state index in [-0.39, 0.29) is 11.1 Å². The van der Waals surface area contributed by atoms with Crippen molar-refractivity contribution in [1.29, 1.82) is 0 Å². The molecule has 0 fully saturated rings. The Hall–Kier alpha value is -1.65. The van der Waals surface area contributed by atoms with Gasteiger partial charge in [0, 0.05) is 16.6 Å². The van der Waals surface area contributed by atoms with E-state index < -0.39 is 0 Å². The second-order valence-electron chi connectivity index (χ2n) is 4.24. The molecule has 2 rings (SSSR count). The number of rotatable bonds is 5. The van der Waals surface area contributed by atoms with Gasteiger partial charge in [-0.15, -0.1) is 11.8 Å². The summed E-state index contributed by atoms with van der Waals surface area (Å²) in [6.45, 7) is 0. The molecule has 0 saturated carbocycles. The summed E-state index contributed by atoms with van der Waals surface area (Å²) < 4.78 is 0. The number of halogens is 1. The molecule has 0 amide bonds. The molecule has 0 saturated heterocycles. The lowest BCUT2D eigenvalue weighted by Crippen LogP contribution is -2.14. The fourth-order valence-electron chi connectivity index (χ4n) is 1.82. The molecule has 3 nitrogen and oxygen atoms in total. The first-order valence-electron chi connectivity index (χ1n) is 6.13. The largest absolute Gasteiger partial charge is 0.409 e. The molecule has 0 radical (unpaired) electrons. The smallest absolute Gasteiger partial charge is 0.140 e. The summed E-state index contributed by atoms with van der Waals surface area (Å²) in [5, 5.41) is 12.6. The van der Waals surface area contributed by atoms with Crippen LogP contribution in [0.4, 0.5) is 0 Å². The molecule has 0 heterocycles. The van der Waals surface area contributed by atoms with Gasteiger partial charge >= 0.3 is 0 Å². The van der Waals surface area contributed by atoms with Gasteiger partial charge in [-0.3, -0.25) is 0 Å². The Labute approximate surface area is 127 Å². The van der Waals surface area contributed by atoms with Crippen molar-refractivity contribution in [2.24, 2.45) is 10.9 Å². The molecule has 2 aromatic carbocycles. The molecule has 0 aliphatic rings. The zero-order valence-corrected chi connectivity index (χ0v) is 12.3. The maximum absolute atomic E-state index is 8.78. The summed E-state index contributed by atoms with van der Waals surface area (Å²) in [5.74, 6) is 0.207. The average molecular weight is 307 g/mol. The normalized spacial score (nSPS) is 13.2. The number of nitrogens with zero attached hydrogens (tertiary/aromatic N) is 1. The highest BCUT2D eigenvalue weighted by Crippen LogP contribution is 2.40. The predicted molar refractivity (Wildman–Crippen MR) is 84.5 cm³/mol. The van der Waals surface area contributed by atoms with E-state index in [9.17, 15) is 0 Å². The Morgan fingerprint density at radius 2 is 1.80 bits per heavy atom. The van der Waals surface area contributed by atoms with Crippen LogP contribution in [-0.2, 0) is 0 Å². The molecular formula is C15H15ClN2OS. The van der Waals surface area contributed by atoms with Crippen LogP contribution in [0.3, 0.4) is 0 Å². The predicted octanol–water partition coefficient (Wildman–Crippen LogP) is 4.31. The number of thioether (sulfide) groups is 1. The van der Waals surface area contributed by atoms with Crippen LogP contribution in [0.15, 0.2) is 64.6 Å². The molecule has 2 aromatic rings. The quantitative estimate of drug-likeness (QED) is 0.284. The van der Waals surface area contributed by atoms with Crippen molar-refractivity contribution in [2.75, 3.05) is 0 Å². The van der Waals surface area contributed by atoms with Gasteiger partial charge in [-0.2, -0.15) is 0 Å². The van der Waals surface area contributed by atoms with Crippen LogP contribution in [0.25, 0.3) is 0 Å². The second-order valence-corrected chi connectivity index (χ2v) is 5.89. The molecule has 3 N–H and O–H groups in total. The summed E-state index contributed by atoms with van der Waals surface area (Å²) >= 11 is 7.80. The minimum absolute atomic E-state index is 0.0481. The van der Waals surface area contributed by atoms with Gasteiger partial charge in [-0.1, -0.05) is 59.2 Å². The fourth-order valence-corrected chi connectivity index (χ4v) is 3.28. The van der Waals surface area contributed by atoms with Crippen LogP contribution >= 0.6 is 23.4 Å². The highest BCUT2D eigenvalue weighted by Gasteiger charge is 2.16. The van der Waals surface area contributed by atoms with E-state index in [0.29, 0.717) is 11.4 Å². The molecule has 104 valence electrons. The Morgan fingerprint density at radius 3 is 2.45 bits per heavy atom. The lowest BCUT2D eigenvalue weighted by atomic mass is 10.1. The van der Waals surface area contributed by atoms with Crippen molar-refractivity contribution in [3.63, 3.8) is 0 Å². The molecule has 1 atom stereocenters. The lowest BCUT2D eigenvalue weighted by Gasteiger charge is -2.17. The van der Waals surface area contributed by atoms with Crippen LogP contribution in [0.2, 0.25) is 5.02 Å². The second kappa shape index (κ2) is 7.22. The molecule has 0 spiro atoms. The van der Waals surface area contributed by atoms with Crippen LogP contribution in [0.5, 0.6) is 0 Å². The number of nitrogens with two attached hydrogens (primary N) is 1. The first kappa shape index (κ1) is 14.8. The van der Waals surface area contributed by atoms with Gasteiger partial charge in [0.25, 0.3) is 0 Å². The average Bonchev–Trinajstić information content (AvgIpc) is 2.49. The number of oxime groups is 1. The first-order chi connectivity index (χ1) is 9.70. The zero-order chi connectivity index (χ0) is 14.4. The number of hydrogen-bond acceptors (Lipinski definition) is 3. The standard InChI is InChI=1S/C15H15ClN2OS/c16-12-8-4-5-9-13(12)20-14(10-15(17)18-19)11-6-2-1-3-7-11/h1-9,14,19H,10H2,(H2,17,18). The summed E-state index contributed by atoms with van der Waals surface area (Å²) in [7, 11) is 0. The monoisotopic (exact) mass is 306 g/mol. The molecule has 0 aromatic heterocycles. The first-order valence-corrected chi connectivity index (χ1v) is 7.39. The molecule has 0 bridgehead atoms. The topological polar surface area (TPSA) is 58.6 Å². The Balaban J connectivity index is 2.26. The van der Waals surface area contributed by atoms with Crippen LogP contribution in [-0.4, -0.2) is 11.0 Å². The third-order valence-corrected chi connectivity index (χ3v) is 4.58. The molecule has 0 aliphatic heterocycles. The Kier molecular flexibility index (Phi) is 5.32. The minimum atomic E-state index is 0.0481. The number of amidine groups is 1. The van der Waals surface area contributed by atoms with E-state index in [4.69, 9.17) is 22.5 Å². The molecule has 20 heavy (non-hydrogen) atoms. The third-order valence-electron chi connectivity index (χ3n) is 2.80. The van der Waals surface area contributed by atoms with Crippen LogP contribution in [0, 0.1) is 0 Å². The maximum Gasteiger partial charge on any atom is 0.140 e. The summed E-state index contributed by atoms with van der Waals surface area (Å²) in [5.41, 5.74) is 6.77. The zero-order valence-electron chi connectivity index (χ0n) is 10.7. The lowest BCUT2D eigenvalue weighted by molar-refractivity contribution is 0.317. The van der Waals surface area contributed by atoms with Gasteiger partial charge in [0.2, 0.25) is 0 Å². The molecular weight excluding hydrogens is 292 g/mol.